The number of carbonyl (C=O) groups is 2. The number of amides is 1. The normalized spacial score (nSPS) is 24.5. The van der Waals surface area contributed by atoms with Crippen molar-refractivity contribution in [3.8, 4) is 0 Å². The molecule has 0 aromatic heterocycles. The lowest BCUT2D eigenvalue weighted by Crippen LogP contribution is -2.64. The molecule has 1 aromatic carbocycles. The molecule has 0 radical (unpaired) electrons. The van der Waals surface area contributed by atoms with Gasteiger partial charge >= 0.3 is 5.97 Å². The van der Waals surface area contributed by atoms with Crippen LogP contribution in [0.15, 0.2) is 30.3 Å². The zero-order chi connectivity index (χ0) is 17.3. The number of nitrogens with one attached hydrogen (secondary N) is 1. The molecule has 23 heavy (non-hydrogen) atoms. The number of hydrogen-bond donors (Lipinski definition) is 3. The lowest BCUT2D eigenvalue weighted by Gasteiger charge is -2.48. The summed E-state index contributed by atoms with van der Waals surface area (Å²) in [5.74, 6) is -1.08. The molecule has 126 valence electrons. The highest BCUT2D eigenvalue weighted by molar-refractivity contribution is 5.82. The van der Waals surface area contributed by atoms with E-state index >= 15 is 0 Å². The first kappa shape index (κ1) is 17.4. The van der Waals surface area contributed by atoms with E-state index < -0.39 is 23.7 Å². The van der Waals surface area contributed by atoms with E-state index in [-0.39, 0.29) is 18.4 Å². The van der Waals surface area contributed by atoms with Crippen molar-refractivity contribution in [2.75, 3.05) is 13.1 Å². The van der Waals surface area contributed by atoms with E-state index in [9.17, 15) is 19.8 Å². The zero-order valence-corrected chi connectivity index (χ0v) is 13.7. The number of hydrogen-bond acceptors (Lipinski definition) is 4. The number of aliphatic hydroxyl groups is 1. The Balaban J connectivity index is 2.59. The number of carbonyl (C=O) groups excluding carboxylic acids is 1. The van der Waals surface area contributed by atoms with Crippen LogP contribution in [-0.4, -0.2) is 45.7 Å². The largest absolute Gasteiger partial charge is 0.481 e. The number of nitrogens with zero attached hydrogens (tertiary/aromatic N) is 1. The highest BCUT2D eigenvalue weighted by atomic mass is 16.4. The maximum atomic E-state index is 12.1. The average molecular weight is 320 g/mol. The van der Waals surface area contributed by atoms with Crippen molar-refractivity contribution in [2.24, 2.45) is 5.92 Å². The first-order chi connectivity index (χ1) is 10.7. The maximum Gasteiger partial charge on any atom is 0.306 e. The van der Waals surface area contributed by atoms with Crippen LogP contribution in [0.5, 0.6) is 0 Å². The number of aliphatic carboxylic acids is 1. The van der Waals surface area contributed by atoms with Crippen LogP contribution in [0.1, 0.15) is 32.8 Å². The molecule has 1 aliphatic heterocycles. The molecular weight excluding hydrogens is 296 g/mol. The first-order valence-electron chi connectivity index (χ1n) is 7.75. The van der Waals surface area contributed by atoms with Crippen molar-refractivity contribution in [1.82, 2.24) is 10.2 Å². The first-order valence-corrected chi connectivity index (χ1v) is 7.75. The highest BCUT2D eigenvalue weighted by Gasteiger charge is 2.58. The van der Waals surface area contributed by atoms with Crippen LogP contribution in [0, 0.1) is 5.92 Å². The molecule has 3 N–H and O–H groups in total. The van der Waals surface area contributed by atoms with Gasteiger partial charge in [-0.15, -0.1) is 0 Å². The molecule has 1 aromatic rings. The summed E-state index contributed by atoms with van der Waals surface area (Å²) in [7, 11) is 0. The Kier molecular flexibility index (Phi) is 4.77. The quantitative estimate of drug-likeness (QED) is 0.732. The monoisotopic (exact) mass is 320 g/mol. The second-order valence-corrected chi connectivity index (χ2v) is 6.74. The SMILES string of the molecule is CC(C)CN1CC(=O)NC1(c1ccccc1)C(C)(O)CC(=O)O. The average Bonchev–Trinajstić information content (AvgIpc) is 2.75. The minimum absolute atomic E-state index is 0.128. The van der Waals surface area contributed by atoms with E-state index in [0.717, 1.165) is 0 Å². The van der Waals surface area contributed by atoms with Crippen LogP contribution in [-0.2, 0) is 15.3 Å². The van der Waals surface area contributed by atoms with Gasteiger partial charge in [0, 0.05) is 6.54 Å². The number of carboxylic acid groups (broad SMARTS) is 1. The smallest absolute Gasteiger partial charge is 0.306 e. The Labute approximate surface area is 136 Å². The molecule has 1 heterocycles. The molecule has 2 rings (SSSR count). The van der Waals surface area contributed by atoms with E-state index in [1.54, 1.807) is 12.1 Å². The Hall–Kier alpha value is -1.92. The summed E-state index contributed by atoms with van der Waals surface area (Å²) in [6.07, 6.45) is -0.475. The van der Waals surface area contributed by atoms with Crippen LogP contribution < -0.4 is 5.32 Å². The third kappa shape index (κ3) is 3.23. The molecule has 6 heteroatoms. The fourth-order valence-electron chi connectivity index (χ4n) is 3.40. The van der Waals surface area contributed by atoms with Crippen molar-refractivity contribution in [2.45, 2.75) is 38.5 Å². The Bertz CT molecular complexity index is 586. The molecule has 0 saturated carbocycles. The van der Waals surface area contributed by atoms with Crippen molar-refractivity contribution in [3.05, 3.63) is 35.9 Å². The predicted molar refractivity (Wildman–Crippen MR) is 85.6 cm³/mol. The van der Waals surface area contributed by atoms with E-state index in [4.69, 9.17) is 0 Å². The Morgan fingerprint density at radius 1 is 1.39 bits per heavy atom. The molecular formula is C17H24N2O4. The summed E-state index contributed by atoms with van der Waals surface area (Å²) in [6, 6.07) is 9.06. The van der Waals surface area contributed by atoms with E-state index in [1.807, 2.05) is 36.9 Å². The fraction of sp³-hybridized carbons (Fsp3) is 0.529. The van der Waals surface area contributed by atoms with Gasteiger partial charge in [0.1, 0.15) is 11.3 Å². The van der Waals surface area contributed by atoms with Crippen molar-refractivity contribution >= 4 is 11.9 Å². The third-order valence-electron chi connectivity index (χ3n) is 4.18. The van der Waals surface area contributed by atoms with Crippen molar-refractivity contribution in [3.63, 3.8) is 0 Å². The van der Waals surface area contributed by atoms with Crippen LogP contribution >= 0.6 is 0 Å². The summed E-state index contributed by atoms with van der Waals surface area (Å²) >= 11 is 0. The number of benzene rings is 1. The van der Waals surface area contributed by atoms with Gasteiger partial charge in [0.05, 0.1) is 13.0 Å². The van der Waals surface area contributed by atoms with Crippen LogP contribution in [0.25, 0.3) is 0 Å². The van der Waals surface area contributed by atoms with Crippen molar-refractivity contribution in [1.29, 1.82) is 0 Å². The van der Waals surface area contributed by atoms with E-state index in [0.29, 0.717) is 12.1 Å². The third-order valence-corrected chi connectivity index (χ3v) is 4.18. The van der Waals surface area contributed by atoms with Crippen LogP contribution in [0.3, 0.4) is 0 Å². The highest BCUT2D eigenvalue weighted by Crippen LogP contribution is 2.41. The molecule has 1 aliphatic rings. The molecule has 1 saturated heterocycles. The minimum Gasteiger partial charge on any atom is -0.481 e. The maximum absolute atomic E-state index is 12.1. The van der Waals surface area contributed by atoms with Gasteiger partial charge in [0.15, 0.2) is 0 Å². The van der Waals surface area contributed by atoms with Crippen LogP contribution in [0.2, 0.25) is 0 Å². The van der Waals surface area contributed by atoms with E-state index in [2.05, 4.69) is 5.32 Å². The lowest BCUT2D eigenvalue weighted by atomic mass is 9.79. The topological polar surface area (TPSA) is 89.9 Å². The number of rotatable bonds is 6. The van der Waals surface area contributed by atoms with Gasteiger partial charge < -0.3 is 15.5 Å². The number of carboxylic acids is 1. The summed E-state index contributed by atoms with van der Waals surface area (Å²) in [6.45, 7) is 6.19. The van der Waals surface area contributed by atoms with Gasteiger partial charge in [-0.2, -0.15) is 0 Å². The summed E-state index contributed by atoms with van der Waals surface area (Å²) < 4.78 is 0. The van der Waals surface area contributed by atoms with Gasteiger partial charge in [0.2, 0.25) is 5.91 Å². The van der Waals surface area contributed by atoms with Gasteiger partial charge in [-0.3, -0.25) is 14.5 Å². The minimum atomic E-state index is -1.67. The summed E-state index contributed by atoms with van der Waals surface area (Å²) in [5.41, 5.74) is -2.24. The van der Waals surface area contributed by atoms with Gasteiger partial charge in [-0.05, 0) is 18.4 Å². The Morgan fingerprint density at radius 2 is 2.00 bits per heavy atom. The summed E-state index contributed by atoms with van der Waals surface area (Å²) in [4.78, 5) is 25.3. The van der Waals surface area contributed by atoms with Crippen molar-refractivity contribution < 1.29 is 19.8 Å². The second kappa shape index (κ2) is 6.29. The zero-order valence-electron chi connectivity index (χ0n) is 13.7. The Morgan fingerprint density at radius 3 is 2.52 bits per heavy atom. The van der Waals surface area contributed by atoms with E-state index in [1.165, 1.54) is 6.92 Å². The molecule has 6 nitrogen and oxygen atoms in total. The summed E-state index contributed by atoms with van der Waals surface area (Å²) in [5, 5.41) is 23.1. The predicted octanol–water partition coefficient (Wildman–Crippen LogP) is 1.15. The second-order valence-electron chi connectivity index (χ2n) is 6.74. The van der Waals surface area contributed by atoms with Gasteiger partial charge in [-0.25, -0.2) is 0 Å². The van der Waals surface area contributed by atoms with Crippen LogP contribution in [0.4, 0.5) is 0 Å². The van der Waals surface area contributed by atoms with Gasteiger partial charge in [0.25, 0.3) is 0 Å². The molecule has 0 bridgehead atoms. The molecule has 2 atom stereocenters. The molecule has 1 amide bonds. The molecule has 1 fully saturated rings. The lowest BCUT2D eigenvalue weighted by molar-refractivity contribution is -0.155. The molecule has 0 spiro atoms. The van der Waals surface area contributed by atoms with Gasteiger partial charge in [-0.1, -0.05) is 44.2 Å². The molecule has 0 aliphatic carbocycles. The fourth-order valence-corrected chi connectivity index (χ4v) is 3.40. The standard InChI is InChI=1S/C17H24N2O4/c1-12(2)10-19-11-14(20)18-17(19,13-7-5-4-6-8-13)16(3,23)9-15(21)22/h4-8,12,23H,9-11H2,1-3H3,(H,18,20)(H,21,22). The molecule has 2 unspecified atom stereocenters.